The number of nitrogens with zero attached hydrogens (tertiary/aromatic N) is 4. The van der Waals surface area contributed by atoms with Crippen LogP contribution < -0.4 is 5.32 Å². The van der Waals surface area contributed by atoms with Crippen molar-refractivity contribution in [3.05, 3.63) is 71.2 Å². The second kappa shape index (κ2) is 7.99. The number of amides is 1. The van der Waals surface area contributed by atoms with Crippen molar-refractivity contribution in [2.75, 3.05) is 6.54 Å². The topological polar surface area (TPSA) is 72.2 Å². The highest BCUT2D eigenvalue weighted by Crippen LogP contribution is 2.22. The van der Waals surface area contributed by atoms with Crippen LogP contribution in [0.2, 0.25) is 0 Å². The lowest BCUT2D eigenvalue weighted by Crippen LogP contribution is -2.27. The van der Waals surface area contributed by atoms with E-state index in [9.17, 15) is 4.79 Å². The molecular weight excluding hydrogens is 362 g/mol. The molecule has 1 N–H and O–H groups in total. The first kappa shape index (κ1) is 19.1. The van der Waals surface area contributed by atoms with Gasteiger partial charge in [0.2, 0.25) is 5.91 Å². The molecule has 0 aliphatic rings. The molecule has 148 valence electrons. The fourth-order valence-electron chi connectivity index (χ4n) is 3.72. The molecule has 29 heavy (non-hydrogen) atoms. The lowest BCUT2D eigenvalue weighted by Gasteiger charge is -2.14. The second-order valence-corrected chi connectivity index (χ2v) is 7.49. The Kier molecular flexibility index (Phi) is 5.25. The minimum Gasteiger partial charge on any atom is -0.355 e. The van der Waals surface area contributed by atoms with Gasteiger partial charge in [-0.05, 0) is 49.4 Å². The summed E-state index contributed by atoms with van der Waals surface area (Å²) in [5.41, 5.74) is 5.74. The Morgan fingerprint density at radius 3 is 2.72 bits per heavy atom. The third-order valence-corrected chi connectivity index (χ3v) is 5.46. The maximum absolute atomic E-state index is 12.4. The number of hydrogen-bond acceptors (Lipinski definition) is 4. The van der Waals surface area contributed by atoms with E-state index in [1.807, 2.05) is 48.7 Å². The SMILES string of the molecule is Cc1nc2c3cccnc3nn2c(C)c1CCC(=O)NC[C@H](C)c1ccccc1. The van der Waals surface area contributed by atoms with Gasteiger partial charge in [-0.3, -0.25) is 4.79 Å². The van der Waals surface area contributed by atoms with Crippen molar-refractivity contribution >= 4 is 22.6 Å². The van der Waals surface area contributed by atoms with Gasteiger partial charge in [0.1, 0.15) is 0 Å². The Balaban J connectivity index is 1.45. The highest BCUT2D eigenvalue weighted by Gasteiger charge is 2.15. The summed E-state index contributed by atoms with van der Waals surface area (Å²) in [6.45, 7) is 6.78. The Labute approximate surface area is 170 Å². The zero-order valence-corrected chi connectivity index (χ0v) is 17.0. The van der Waals surface area contributed by atoms with E-state index in [1.165, 1.54) is 5.56 Å². The molecule has 0 aliphatic carbocycles. The predicted molar refractivity (Wildman–Crippen MR) is 114 cm³/mol. The lowest BCUT2D eigenvalue weighted by molar-refractivity contribution is -0.121. The maximum Gasteiger partial charge on any atom is 0.220 e. The molecular formula is C23H25N5O. The van der Waals surface area contributed by atoms with Crippen molar-refractivity contribution in [3.8, 4) is 0 Å². The highest BCUT2D eigenvalue weighted by molar-refractivity contribution is 5.89. The van der Waals surface area contributed by atoms with Gasteiger partial charge < -0.3 is 5.32 Å². The van der Waals surface area contributed by atoms with Gasteiger partial charge in [-0.25, -0.2) is 14.5 Å². The number of hydrogen-bond donors (Lipinski definition) is 1. The summed E-state index contributed by atoms with van der Waals surface area (Å²) < 4.78 is 1.84. The Morgan fingerprint density at radius 1 is 1.14 bits per heavy atom. The number of carbonyl (C=O) groups is 1. The molecule has 3 heterocycles. The molecule has 0 fully saturated rings. The molecule has 1 aromatic carbocycles. The van der Waals surface area contributed by atoms with Crippen LogP contribution >= 0.6 is 0 Å². The van der Waals surface area contributed by atoms with Crippen molar-refractivity contribution in [1.82, 2.24) is 24.9 Å². The van der Waals surface area contributed by atoms with Crippen LogP contribution in [-0.4, -0.2) is 32.0 Å². The van der Waals surface area contributed by atoms with Crippen molar-refractivity contribution < 1.29 is 4.79 Å². The van der Waals surface area contributed by atoms with E-state index in [2.05, 4.69) is 34.5 Å². The van der Waals surface area contributed by atoms with Crippen molar-refractivity contribution in [3.63, 3.8) is 0 Å². The number of aryl methyl sites for hydroxylation is 2. The summed E-state index contributed by atoms with van der Waals surface area (Å²) >= 11 is 0. The zero-order valence-electron chi connectivity index (χ0n) is 17.0. The minimum atomic E-state index is 0.0546. The van der Waals surface area contributed by atoms with E-state index in [-0.39, 0.29) is 11.8 Å². The largest absolute Gasteiger partial charge is 0.355 e. The Hall–Kier alpha value is -3.28. The molecule has 1 atom stereocenters. The molecule has 3 aromatic heterocycles. The highest BCUT2D eigenvalue weighted by atomic mass is 16.1. The first-order valence-corrected chi connectivity index (χ1v) is 9.95. The molecule has 6 nitrogen and oxygen atoms in total. The third-order valence-electron chi connectivity index (χ3n) is 5.46. The third kappa shape index (κ3) is 3.83. The number of aromatic nitrogens is 4. The number of pyridine rings is 1. The van der Waals surface area contributed by atoms with E-state index in [0.717, 1.165) is 28.0 Å². The molecule has 4 aromatic rings. The fraction of sp³-hybridized carbons (Fsp3) is 0.304. The van der Waals surface area contributed by atoms with Crippen LogP contribution in [0.3, 0.4) is 0 Å². The summed E-state index contributed by atoms with van der Waals surface area (Å²) in [4.78, 5) is 21.5. The van der Waals surface area contributed by atoms with Crippen molar-refractivity contribution in [2.45, 2.75) is 39.5 Å². The molecule has 6 heteroatoms. The fourth-order valence-corrected chi connectivity index (χ4v) is 3.72. The molecule has 0 aliphatic heterocycles. The van der Waals surface area contributed by atoms with Gasteiger partial charge in [0, 0.05) is 30.6 Å². The van der Waals surface area contributed by atoms with Crippen LogP contribution in [0.5, 0.6) is 0 Å². The van der Waals surface area contributed by atoms with Crippen LogP contribution in [0.25, 0.3) is 16.7 Å². The molecule has 0 unspecified atom stereocenters. The Bertz CT molecular complexity index is 1170. The molecule has 1 amide bonds. The average molecular weight is 387 g/mol. The van der Waals surface area contributed by atoms with E-state index < -0.39 is 0 Å². The van der Waals surface area contributed by atoms with Gasteiger partial charge in [0.15, 0.2) is 11.3 Å². The normalized spacial score (nSPS) is 12.4. The molecule has 0 saturated heterocycles. The van der Waals surface area contributed by atoms with Crippen LogP contribution in [-0.2, 0) is 11.2 Å². The standard InChI is InChI=1S/C23H25N5O/c1-15(18-8-5-4-6-9-18)14-25-21(29)12-11-19-16(2)26-23-20-10-7-13-24-22(20)27-28(23)17(19)3/h4-10,13,15H,11-12,14H2,1-3H3,(H,25,29)/t15-/m0/s1. The van der Waals surface area contributed by atoms with Gasteiger partial charge in [-0.2, -0.15) is 0 Å². The monoisotopic (exact) mass is 387 g/mol. The zero-order chi connectivity index (χ0) is 20.4. The number of rotatable bonds is 6. The number of carbonyl (C=O) groups excluding carboxylic acids is 1. The second-order valence-electron chi connectivity index (χ2n) is 7.49. The van der Waals surface area contributed by atoms with E-state index in [1.54, 1.807) is 6.20 Å². The number of fused-ring (bicyclic) bond motifs is 3. The Morgan fingerprint density at radius 2 is 1.93 bits per heavy atom. The first-order valence-electron chi connectivity index (χ1n) is 9.95. The van der Waals surface area contributed by atoms with Crippen LogP contribution in [0.15, 0.2) is 48.7 Å². The lowest BCUT2D eigenvalue weighted by atomic mass is 10.0. The van der Waals surface area contributed by atoms with E-state index in [4.69, 9.17) is 4.98 Å². The molecule has 0 bridgehead atoms. The average Bonchev–Trinajstić information content (AvgIpc) is 3.11. The van der Waals surface area contributed by atoms with Crippen LogP contribution in [0, 0.1) is 13.8 Å². The molecule has 0 saturated carbocycles. The number of benzene rings is 1. The minimum absolute atomic E-state index is 0.0546. The summed E-state index contributed by atoms with van der Waals surface area (Å²) in [5.74, 6) is 0.338. The van der Waals surface area contributed by atoms with Crippen LogP contribution in [0.4, 0.5) is 0 Å². The van der Waals surface area contributed by atoms with Gasteiger partial charge in [-0.1, -0.05) is 37.3 Å². The van der Waals surface area contributed by atoms with Gasteiger partial charge in [0.25, 0.3) is 0 Å². The molecule has 0 radical (unpaired) electrons. The van der Waals surface area contributed by atoms with E-state index in [0.29, 0.717) is 25.0 Å². The maximum atomic E-state index is 12.4. The van der Waals surface area contributed by atoms with Crippen molar-refractivity contribution in [1.29, 1.82) is 0 Å². The smallest absolute Gasteiger partial charge is 0.220 e. The summed E-state index contributed by atoms with van der Waals surface area (Å²) in [7, 11) is 0. The summed E-state index contributed by atoms with van der Waals surface area (Å²) in [5, 5.41) is 8.58. The van der Waals surface area contributed by atoms with Gasteiger partial charge in [-0.15, -0.1) is 5.10 Å². The first-order chi connectivity index (χ1) is 14.0. The number of nitrogens with one attached hydrogen (secondary N) is 1. The summed E-state index contributed by atoms with van der Waals surface area (Å²) in [6.07, 6.45) is 2.80. The van der Waals surface area contributed by atoms with Gasteiger partial charge >= 0.3 is 0 Å². The van der Waals surface area contributed by atoms with Crippen molar-refractivity contribution in [2.24, 2.45) is 0 Å². The molecule has 4 rings (SSSR count). The summed E-state index contributed by atoms with van der Waals surface area (Å²) in [6, 6.07) is 14.1. The van der Waals surface area contributed by atoms with Gasteiger partial charge in [0.05, 0.1) is 5.39 Å². The predicted octanol–water partition coefficient (Wildman–Crippen LogP) is 3.75. The van der Waals surface area contributed by atoms with Crippen LogP contribution in [0.1, 0.15) is 41.8 Å². The quantitative estimate of drug-likeness (QED) is 0.547. The molecule has 0 spiro atoms. The van der Waals surface area contributed by atoms with E-state index >= 15 is 0 Å².